The lowest BCUT2D eigenvalue weighted by molar-refractivity contribution is -0.137. The Balaban J connectivity index is 1.43. The molecule has 1 aromatic heterocycles. The lowest BCUT2D eigenvalue weighted by atomic mass is 9.98. The van der Waals surface area contributed by atoms with Gasteiger partial charge in [-0.05, 0) is 48.6 Å². The van der Waals surface area contributed by atoms with Crippen molar-refractivity contribution in [2.45, 2.75) is 38.6 Å². The Kier molecular flexibility index (Phi) is 7.05. The van der Waals surface area contributed by atoms with E-state index in [1.165, 1.54) is 0 Å². The van der Waals surface area contributed by atoms with E-state index in [4.69, 9.17) is 9.84 Å². The number of nitrogens with zero attached hydrogens (tertiary/aromatic N) is 2. The van der Waals surface area contributed by atoms with Crippen molar-refractivity contribution >= 4 is 23.9 Å². The molecule has 0 aliphatic heterocycles. The maximum absolute atomic E-state index is 12.8. The van der Waals surface area contributed by atoms with Gasteiger partial charge in [-0.2, -0.15) is 0 Å². The third kappa shape index (κ3) is 5.63. The lowest BCUT2D eigenvalue weighted by Crippen LogP contribution is -2.44. The summed E-state index contributed by atoms with van der Waals surface area (Å²) >= 11 is 0. The summed E-state index contributed by atoms with van der Waals surface area (Å²) in [4.78, 5) is 44.9. The summed E-state index contributed by atoms with van der Waals surface area (Å²) in [6.45, 7) is 3.61. The SMILES string of the molecule is Cc1cc(C)nc(NC(=O)C(CCC(=O)O)NC(=O)OCC2c3ccccc3-c3ccccc32)n1. The summed E-state index contributed by atoms with van der Waals surface area (Å²) < 4.78 is 5.51. The standard InChI is InChI=1S/C26H26N4O5/c1-15-13-16(2)28-25(27-15)30-24(33)22(11-12-23(31)32)29-26(34)35-14-21-19-9-5-3-7-17(19)18-8-4-6-10-20(18)21/h3-10,13,21-22H,11-12,14H2,1-2H3,(H,29,34)(H,31,32)(H,27,28,30,33). The Morgan fingerprint density at radius 1 is 0.971 bits per heavy atom. The third-order valence-corrected chi connectivity index (χ3v) is 5.82. The highest BCUT2D eigenvalue weighted by atomic mass is 16.5. The number of alkyl carbamates (subject to hydrolysis) is 1. The second-order valence-electron chi connectivity index (χ2n) is 8.42. The highest BCUT2D eigenvalue weighted by molar-refractivity contribution is 5.95. The van der Waals surface area contributed by atoms with Gasteiger partial charge < -0.3 is 15.2 Å². The molecule has 2 aromatic carbocycles. The number of nitrogens with one attached hydrogen (secondary N) is 2. The molecule has 1 atom stereocenters. The average Bonchev–Trinajstić information content (AvgIpc) is 3.13. The lowest BCUT2D eigenvalue weighted by Gasteiger charge is -2.19. The van der Waals surface area contributed by atoms with Gasteiger partial charge >= 0.3 is 12.1 Å². The van der Waals surface area contributed by atoms with Crippen molar-refractivity contribution < 1.29 is 24.2 Å². The summed E-state index contributed by atoms with van der Waals surface area (Å²) in [7, 11) is 0. The largest absolute Gasteiger partial charge is 0.481 e. The first-order valence-electron chi connectivity index (χ1n) is 11.3. The van der Waals surface area contributed by atoms with Gasteiger partial charge in [0.05, 0.1) is 0 Å². The minimum atomic E-state index is -1.13. The van der Waals surface area contributed by atoms with Crippen LogP contribution in [0.5, 0.6) is 0 Å². The molecule has 35 heavy (non-hydrogen) atoms. The van der Waals surface area contributed by atoms with Crippen LogP contribution in [0.25, 0.3) is 11.1 Å². The quantitative estimate of drug-likeness (QED) is 0.453. The molecule has 1 unspecified atom stereocenters. The number of carboxylic acid groups (broad SMARTS) is 1. The fraction of sp³-hybridized carbons (Fsp3) is 0.269. The Morgan fingerprint density at radius 3 is 2.11 bits per heavy atom. The van der Waals surface area contributed by atoms with Crippen LogP contribution in [0.2, 0.25) is 0 Å². The maximum Gasteiger partial charge on any atom is 0.407 e. The Bertz CT molecular complexity index is 1210. The maximum atomic E-state index is 12.8. The monoisotopic (exact) mass is 474 g/mol. The minimum absolute atomic E-state index is 0.0767. The van der Waals surface area contributed by atoms with E-state index in [0.29, 0.717) is 11.4 Å². The summed E-state index contributed by atoms with van der Waals surface area (Å²) in [5.41, 5.74) is 5.66. The number of ether oxygens (including phenoxy) is 1. The van der Waals surface area contributed by atoms with Gasteiger partial charge in [-0.25, -0.2) is 14.8 Å². The zero-order valence-electron chi connectivity index (χ0n) is 19.4. The molecule has 3 aromatic rings. The molecule has 180 valence electrons. The van der Waals surface area contributed by atoms with Gasteiger partial charge in [-0.1, -0.05) is 48.5 Å². The molecule has 1 aliphatic rings. The molecule has 0 bridgehead atoms. The van der Waals surface area contributed by atoms with Crippen LogP contribution < -0.4 is 10.6 Å². The topological polar surface area (TPSA) is 131 Å². The van der Waals surface area contributed by atoms with E-state index in [1.54, 1.807) is 19.9 Å². The number of anilines is 1. The van der Waals surface area contributed by atoms with Crippen LogP contribution >= 0.6 is 0 Å². The van der Waals surface area contributed by atoms with Crippen molar-refractivity contribution in [2.24, 2.45) is 0 Å². The first-order chi connectivity index (χ1) is 16.8. The van der Waals surface area contributed by atoms with Crippen LogP contribution in [0.15, 0.2) is 54.6 Å². The molecule has 0 saturated carbocycles. The smallest absolute Gasteiger partial charge is 0.407 e. The Labute approximate surface area is 202 Å². The van der Waals surface area contributed by atoms with Gasteiger partial charge in [0.1, 0.15) is 12.6 Å². The van der Waals surface area contributed by atoms with Crippen LogP contribution in [0, 0.1) is 13.8 Å². The van der Waals surface area contributed by atoms with Gasteiger partial charge in [0.2, 0.25) is 11.9 Å². The number of hydrogen-bond donors (Lipinski definition) is 3. The number of carbonyl (C=O) groups is 3. The molecule has 0 spiro atoms. The number of carbonyl (C=O) groups excluding carboxylic acids is 2. The van der Waals surface area contributed by atoms with Crippen LogP contribution in [-0.4, -0.2) is 45.7 Å². The van der Waals surface area contributed by atoms with Crippen molar-refractivity contribution in [3.8, 4) is 11.1 Å². The number of aliphatic carboxylic acids is 1. The summed E-state index contributed by atoms with van der Waals surface area (Å²) in [5.74, 6) is -1.75. The van der Waals surface area contributed by atoms with Crippen molar-refractivity contribution in [2.75, 3.05) is 11.9 Å². The molecule has 9 heteroatoms. The summed E-state index contributed by atoms with van der Waals surface area (Å²) in [6, 6.07) is 16.5. The van der Waals surface area contributed by atoms with E-state index in [0.717, 1.165) is 22.3 Å². The molecule has 4 rings (SSSR count). The van der Waals surface area contributed by atoms with Crippen molar-refractivity contribution in [3.63, 3.8) is 0 Å². The normalized spacial score (nSPS) is 12.9. The summed E-state index contributed by atoms with van der Waals surface area (Å²) in [6.07, 6.45) is -1.23. The van der Waals surface area contributed by atoms with E-state index < -0.39 is 24.0 Å². The van der Waals surface area contributed by atoms with Gasteiger partial charge in [0, 0.05) is 23.7 Å². The molecule has 9 nitrogen and oxygen atoms in total. The number of hydrogen-bond acceptors (Lipinski definition) is 6. The van der Waals surface area contributed by atoms with Gasteiger partial charge in [-0.3, -0.25) is 14.9 Å². The first-order valence-corrected chi connectivity index (χ1v) is 11.3. The molecular formula is C26H26N4O5. The molecule has 1 aliphatic carbocycles. The van der Waals surface area contributed by atoms with Crippen LogP contribution in [-0.2, 0) is 14.3 Å². The molecule has 0 fully saturated rings. The molecule has 0 radical (unpaired) electrons. The number of aromatic nitrogens is 2. The number of benzene rings is 2. The second-order valence-corrected chi connectivity index (χ2v) is 8.42. The first kappa shape index (κ1) is 23.9. The number of amides is 2. The van der Waals surface area contributed by atoms with Crippen LogP contribution in [0.1, 0.15) is 41.3 Å². The second kappa shape index (κ2) is 10.3. The molecule has 0 saturated heterocycles. The molecule has 3 N–H and O–H groups in total. The van der Waals surface area contributed by atoms with Crippen LogP contribution in [0.3, 0.4) is 0 Å². The Morgan fingerprint density at radius 2 is 1.54 bits per heavy atom. The van der Waals surface area contributed by atoms with Gasteiger partial charge in [-0.15, -0.1) is 0 Å². The number of rotatable bonds is 8. The predicted octanol–water partition coefficient (Wildman–Crippen LogP) is 3.80. The Hall–Kier alpha value is -4.27. The molecular weight excluding hydrogens is 448 g/mol. The van der Waals surface area contributed by atoms with Crippen molar-refractivity contribution in [1.82, 2.24) is 15.3 Å². The van der Waals surface area contributed by atoms with Crippen LogP contribution in [0.4, 0.5) is 10.7 Å². The zero-order valence-corrected chi connectivity index (χ0v) is 19.4. The van der Waals surface area contributed by atoms with Gasteiger partial charge in [0.25, 0.3) is 0 Å². The van der Waals surface area contributed by atoms with Gasteiger partial charge in [0.15, 0.2) is 0 Å². The number of carboxylic acids is 1. The van der Waals surface area contributed by atoms with E-state index in [9.17, 15) is 14.4 Å². The van der Waals surface area contributed by atoms with E-state index in [-0.39, 0.29) is 31.3 Å². The highest BCUT2D eigenvalue weighted by Crippen LogP contribution is 2.44. The zero-order chi connectivity index (χ0) is 24.9. The average molecular weight is 475 g/mol. The van der Waals surface area contributed by atoms with E-state index >= 15 is 0 Å². The molecule has 1 heterocycles. The fourth-order valence-electron chi connectivity index (χ4n) is 4.30. The number of fused-ring (bicyclic) bond motifs is 3. The van der Waals surface area contributed by atoms with Crippen molar-refractivity contribution in [3.05, 3.63) is 77.1 Å². The molecule has 2 amide bonds. The number of aryl methyl sites for hydroxylation is 2. The van der Waals surface area contributed by atoms with Crippen molar-refractivity contribution in [1.29, 1.82) is 0 Å². The fourth-order valence-corrected chi connectivity index (χ4v) is 4.30. The predicted molar refractivity (Wildman–Crippen MR) is 129 cm³/mol. The third-order valence-electron chi connectivity index (χ3n) is 5.82. The minimum Gasteiger partial charge on any atom is -0.481 e. The summed E-state index contributed by atoms with van der Waals surface area (Å²) in [5, 5.41) is 14.1. The highest BCUT2D eigenvalue weighted by Gasteiger charge is 2.30. The van der Waals surface area contributed by atoms with E-state index in [1.807, 2.05) is 48.5 Å². The van der Waals surface area contributed by atoms with E-state index in [2.05, 4.69) is 20.6 Å².